The third kappa shape index (κ3) is 4.91. The smallest absolute Gasteiger partial charge is 0.335 e. The summed E-state index contributed by atoms with van der Waals surface area (Å²) < 4.78 is 6.10. The van der Waals surface area contributed by atoms with E-state index in [0.29, 0.717) is 5.56 Å². The first kappa shape index (κ1) is 17.6. The Morgan fingerprint density at radius 3 is 2.76 bits per heavy atom. The third-order valence-corrected chi connectivity index (χ3v) is 4.66. The molecule has 0 saturated carbocycles. The molecule has 25 heavy (non-hydrogen) atoms. The highest BCUT2D eigenvalue weighted by molar-refractivity contribution is 5.87. The molecule has 0 heterocycles. The van der Waals surface area contributed by atoms with Gasteiger partial charge in [-0.25, -0.2) is 4.79 Å². The number of carboxylic acid groups (broad SMARTS) is 1. The van der Waals surface area contributed by atoms with Gasteiger partial charge in [0.1, 0.15) is 0 Å². The van der Waals surface area contributed by atoms with E-state index in [2.05, 4.69) is 29.6 Å². The van der Waals surface area contributed by atoms with Crippen LogP contribution in [0.3, 0.4) is 0 Å². The maximum Gasteiger partial charge on any atom is 0.335 e. The molecule has 4 nitrogen and oxygen atoms in total. The molecule has 1 unspecified atom stereocenters. The Kier molecular flexibility index (Phi) is 6.20. The molecule has 132 valence electrons. The normalized spacial score (nSPS) is 16.4. The summed E-state index contributed by atoms with van der Waals surface area (Å²) >= 11 is 0. The van der Waals surface area contributed by atoms with Crippen molar-refractivity contribution in [2.24, 2.45) is 0 Å². The van der Waals surface area contributed by atoms with Gasteiger partial charge in [-0.2, -0.15) is 0 Å². The van der Waals surface area contributed by atoms with Gasteiger partial charge in [-0.3, -0.25) is 0 Å². The van der Waals surface area contributed by atoms with Crippen LogP contribution in [0.2, 0.25) is 0 Å². The average molecular weight is 339 g/mol. The molecule has 1 aliphatic carbocycles. The second-order valence-electron chi connectivity index (χ2n) is 6.48. The molecule has 0 spiro atoms. The number of aryl methyl sites for hydroxylation is 1. The van der Waals surface area contributed by atoms with Gasteiger partial charge in [-0.05, 0) is 61.1 Å². The largest absolute Gasteiger partial charge is 0.478 e. The van der Waals surface area contributed by atoms with Gasteiger partial charge in [-0.1, -0.05) is 36.4 Å². The highest BCUT2D eigenvalue weighted by Crippen LogP contribution is 2.32. The van der Waals surface area contributed by atoms with Crippen LogP contribution in [-0.4, -0.2) is 24.2 Å². The lowest BCUT2D eigenvalue weighted by atomic mass is 9.89. The van der Waals surface area contributed by atoms with E-state index in [0.717, 1.165) is 44.5 Å². The molecule has 0 aromatic heterocycles. The average Bonchev–Trinajstić information content (AvgIpc) is 2.65. The first-order valence-electron chi connectivity index (χ1n) is 8.96. The number of carboxylic acids is 1. The third-order valence-electron chi connectivity index (χ3n) is 4.66. The summed E-state index contributed by atoms with van der Waals surface area (Å²) in [5.41, 5.74) is 4.21. The Balaban J connectivity index is 1.35. The van der Waals surface area contributed by atoms with Crippen molar-refractivity contribution in [1.29, 1.82) is 0 Å². The number of benzene rings is 2. The molecule has 0 amide bonds. The van der Waals surface area contributed by atoms with Crippen LogP contribution in [0.5, 0.6) is 0 Å². The molecule has 0 saturated heterocycles. The number of nitrogens with one attached hydrogen (secondary N) is 1. The fourth-order valence-corrected chi connectivity index (χ4v) is 3.30. The first-order chi connectivity index (χ1) is 12.2. The minimum Gasteiger partial charge on any atom is -0.478 e. The van der Waals surface area contributed by atoms with Crippen LogP contribution in [0.25, 0.3) is 0 Å². The van der Waals surface area contributed by atoms with Crippen LogP contribution in [0.15, 0.2) is 48.5 Å². The lowest BCUT2D eigenvalue weighted by molar-refractivity contribution is 0.0393. The summed E-state index contributed by atoms with van der Waals surface area (Å²) in [5.74, 6) is -0.888. The molecule has 4 heteroatoms. The summed E-state index contributed by atoms with van der Waals surface area (Å²) in [6.07, 6.45) is 4.69. The van der Waals surface area contributed by atoms with E-state index in [1.54, 1.807) is 12.1 Å². The topological polar surface area (TPSA) is 58.6 Å². The predicted octanol–water partition coefficient (Wildman–Crippen LogP) is 3.96. The van der Waals surface area contributed by atoms with E-state index in [9.17, 15) is 4.79 Å². The molecule has 2 N–H and O–H groups in total. The number of rotatable bonds is 8. The van der Waals surface area contributed by atoms with Crippen LogP contribution in [0.4, 0.5) is 0 Å². The van der Waals surface area contributed by atoms with Gasteiger partial charge in [-0.15, -0.1) is 0 Å². The Morgan fingerprint density at radius 1 is 1.16 bits per heavy atom. The van der Waals surface area contributed by atoms with E-state index in [1.807, 2.05) is 12.1 Å². The van der Waals surface area contributed by atoms with Gasteiger partial charge in [0.2, 0.25) is 0 Å². The van der Waals surface area contributed by atoms with Crippen LogP contribution in [0, 0.1) is 0 Å². The van der Waals surface area contributed by atoms with Gasteiger partial charge in [0.25, 0.3) is 0 Å². The zero-order valence-corrected chi connectivity index (χ0v) is 14.4. The van der Waals surface area contributed by atoms with E-state index in [-0.39, 0.29) is 6.10 Å². The summed E-state index contributed by atoms with van der Waals surface area (Å²) in [4.78, 5) is 10.8. The zero-order valence-electron chi connectivity index (χ0n) is 14.4. The fraction of sp³-hybridized carbons (Fsp3) is 0.381. The molecule has 1 aliphatic rings. The van der Waals surface area contributed by atoms with Crippen molar-refractivity contribution in [1.82, 2.24) is 5.32 Å². The highest BCUT2D eigenvalue weighted by atomic mass is 16.5. The quantitative estimate of drug-likeness (QED) is 0.715. The lowest BCUT2D eigenvalue weighted by Gasteiger charge is -2.25. The Bertz CT molecular complexity index is 697. The van der Waals surface area contributed by atoms with Crippen LogP contribution in [0.1, 0.15) is 52.4 Å². The Hall–Kier alpha value is -2.17. The second-order valence-corrected chi connectivity index (χ2v) is 6.48. The molecule has 0 aliphatic heterocycles. The van der Waals surface area contributed by atoms with Crippen molar-refractivity contribution in [2.75, 3.05) is 13.2 Å². The van der Waals surface area contributed by atoms with Crippen LogP contribution < -0.4 is 5.32 Å². The van der Waals surface area contributed by atoms with Crippen LogP contribution >= 0.6 is 0 Å². The maximum atomic E-state index is 10.8. The van der Waals surface area contributed by atoms with Crippen molar-refractivity contribution in [3.05, 3.63) is 70.8 Å². The lowest BCUT2D eigenvalue weighted by Crippen LogP contribution is -2.18. The van der Waals surface area contributed by atoms with E-state index in [1.165, 1.54) is 17.5 Å². The molecule has 1 atom stereocenters. The monoisotopic (exact) mass is 339 g/mol. The van der Waals surface area contributed by atoms with E-state index >= 15 is 0 Å². The molecule has 0 radical (unpaired) electrons. The number of carbonyl (C=O) groups is 1. The number of ether oxygens (including phenoxy) is 1. The fourth-order valence-electron chi connectivity index (χ4n) is 3.30. The second kappa shape index (κ2) is 8.79. The van der Waals surface area contributed by atoms with Crippen molar-refractivity contribution in [3.63, 3.8) is 0 Å². The Morgan fingerprint density at radius 2 is 1.96 bits per heavy atom. The number of fused-ring (bicyclic) bond motifs is 1. The number of aromatic carboxylic acids is 1. The summed E-state index contributed by atoms with van der Waals surface area (Å²) in [7, 11) is 0. The minimum absolute atomic E-state index is 0.244. The molecule has 2 aromatic carbocycles. The standard InChI is InChI=1S/C21H25NO3/c23-21(24)18-11-9-16(10-12-18)15-22-13-4-14-25-20-8-3-6-17-5-1-2-7-19(17)20/h1-2,5,7,9-12,20,22H,3-4,6,8,13-15H2,(H,23,24). The summed E-state index contributed by atoms with van der Waals surface area (Å²) in [6, 6.07) is 15.6. The van der Waals surface area contributed by atoms with E-state index < -0.39 is 5.97 Å². The van der Waals surface area contributed by atoms with Crippen LogP contribution in [-0.2, 0) is 17.7 Å². The molecule has 3 rings (SSSR count). The molecular formula is C21H25NO3. The SMILES string of the molecule is O=C(O)c1ccc(CNCCCOC2CCCc3ccccc32)cc1. The summed E-state index contributed by atoms with van der Waals surface area (Å²) in [6.45, 7) is 2.38. The number of hydrogen-bond acceptors (Lipinski definition) is 3. The van der Waals surface area contributed by atoms with Crippen molar-refractivity contribution >= 4 is 5.97 Å². The van der Waals surface area contributed by atoms with Gasteiger partial charge in [0.15, 0.2) is 0 Å². The predicted molar refractivity (Wildman–Crippen MR) is 97.8 cm³/mol. The first-order valence-corrected chi connectivity index (χ1v) is 8.96. The number of hydrogen-bond donors (Lipinski definition) is 2. The highest BCUT2D eigenvalue weighted by Gasteiger charge is 2.19. The molecule has 0 fully saturated rings. The van der Waals surface area contributed by atoms with Gasteiger partial charge in [0.05, 0.1) is 11.7 Å². The molecule has 2 aromatic rings. The van der Waals surface area contributed by atoms with Gasteiger partial charge >= 0.3 is 5.97 Å². The summed E-state index contributed by atoms with van der Waals surface area (Å²) in [5, 5.41) is 12.3. The molecular weight excluding hydrogens is 314 g/mol. The van der Waals surface area contributed by atoms with E-state index in [4.69, 9.17) is 9.84 Å². The minimum atomic E-state index is -0.888. The molecule has 0 bridgehead atoms. The van der Waals surface area contributed by atoms with Crippen molar-refractivity contribution in [2.45, 2.75) is 38.3 Å². The van der Waals surface area contributed by atoms with Gasteiger partial charge < -0.3 is 15.2 Å². The van der Waals surface area contributed by atoms with Crippen molar-refractivity contribution < 1.29 is 14.6 Å². The maximum absolute atomic E-state index is 10.8. The zero-order chi connectivity index (χ0) is 17.5. The van der Waals surface area contributed by atoms with Gasteiger partial charge in [0, 0.05) is 13.2 Å². The Labute approximate surface area is 148 Å². The van der Waals surface area contributed by atoms with Crippen molar-refractivity contribution in [3.8, 4) is 0 Å².